The van der Waals surface area contributed by atoms with E-state index in [0.29, 0.717) is 89.8 Å². The van der Waals surface area contributed by atoms with Crippen molar-refractivity contribution in [2.75, 3.05) is 81.0 Å². The summed E-state index contributed by atoms with van der Waals surface area (Å²) in [6.07, 6.45) is 12.6. The number of morpholine rings is 2. The zero-order valence-electron chi connectivity index (χ0n) is 63.1. The van der Waals surface area contributed by atoms with Gasteiger partial charge in [-0.05, 0) is 211 Å². The molecule has 2 aliphatic heterocycles. The van der Waals surface area contributed by atoms with E-state index in [4.69, 9.17) is 55.9 Å². The normalized spacial score (nSPS) is 15.4. The number of hydrogen-bond acceptors (Lipinski definition) is 20. The first-order valence-electron chi connectivity index (χ1n) is 36.6. The lowest BCUT2D eigenvalue weighted by atomic mass is 10.1. The van der Waals surface area contributed by atoms with E-state index < -0.39 is 12.2 Å². The highest BCUT2D eigenvalue weighted by Crippen LogP contribution is 2.34. The van der Waals surface area contributed by atoms with E-state index in [2.05, 4.69) is 109 Å². The highest BCUT2D eigenvalue weighted by molar-refractivity contribution is 6.34. The first-order valence-corrected chi connectivity index (χ1v) is 38.1. The van der Waals surface area contributed by atoms with Crippen molar-refractivity contribution in [1.82, 2.24) is 39.9 Å². The molecule has 8 aromatic heterocycles. The summed E-state index contributed by atoms with van der Waals surface area (Å²) in [6, 6.07) is 57.6. The van der Waals surface area contributed by atoms with Crippen molar-refractivity contribution in [3.63, 3.8) is 0 Å². The van der Waals surface area contributed by atoms with Gasteiger partial charge >= 0.3 is 0 Å². The number of ether oxygens (including phenoxy) is 2. The summed E-state index contributed by atoms with van der Waals surface area (Å²) in [5, 5.41) is 38.3. The number of hydrogen-bond donors (Lipinski definition) is 8. The van der Waals surface area contributed by atoms with Crippen LogP contribution in [-0.2, 0) is 9.47 Å². The van der Waals surface area contributed by atoms with Gasteiger partial charge in [-0.3, -0.25) is 39.1 Å². The molecule has 4 aromatic carbocycles. The van der Waals surface area contributed by atoms with Crippen LogP contribution in [0.25, 0.3) is 45.0 Å². The molecule has 2 fully saturated rings. The minimum Gasteiger partial charge on any atom is -0.392 e. The van der Waals surface area contributed by atoms with Crippen LogP contribution in [0.2, 0.25) is 20.1 Å². The Kier molecular flexibility index (Phi) is 29.6. The second-order valence-corrected chi connectivity index (χ2v) is 28.5. The van der Waals surface area contributed by atoms with Gasteiger partial charge in [0.1, 0.15) is 23.3 Å². The van der Waals surface area contributed by atoms with Crippen molar-refractivity contribution < 1.29 is 38.9 Å². The van der Waals surface area contributed by atoms with E-state index in [-0.39, 0.29) is 48.0 Å². The summed E-state index contributed by atoms with van der Waals surface area (Å²) in [5.74, 6) is 1.86. The molecule has 114 heavy (non-hydrogen) atoms. The van der Waals surface area contributed by atoms with Crippen LogP contribution in [0.3, 0.4) is 0 Å². The van der Waals surface area contributed by atoms with Gasteiger partial charge < -0.3 is 61.4 Å². The van der Waals surface area contributed by atoms with Gasteiger partial charge in [-0.2, -0.15) is 0 Å². The number of aliphatic hydroxyl groups is 2. The highest BCUT2D eigenvalue weighted by Gasteiger charge is 2.26. The first-order chi connectivity index (χ1) is 55.0. The first kappa shape index (κ1) is 83.1. The molecule has 0 bridgehead atoms. The summed E-state index contributed by atoms with van der Waals surface area (Å²) < 4.78 is 11.5. The number of carbonyl (C=O) groups excluding carboxylic acids is 4. The molecule has 3 unspecified atom stereocenters. The van der Waals surface area contributed by atoms with Gasteiger partial charge in [0.25, 0.3) is 23.6 Å². The number of rotatable bonds is 20. The molecule has 6 atom stereocenters. The molecule has 2 saturated heterocycles. The number of pyridine rings is 8. The third-order valence-corrected chi connectivity index (χ3v) is 18.7. The van der Waals surface area contributed by atoms with Crippen LogP contribution >= 0.6 is 46.4 Å². The fraction of sp³-hybridized carbons (Fsp3) is 0.209. The average molecular weight is 1610 g/mol. The number of aliphatic hydroxyl groups excluding tert-OH is 2. The van der Waals surface area contributed by atoms with Crippen LogP contribution < -0.4 is 41.7 Å². The predicted molar refractivity (Wildman–Crippen MR) is 452 cm³/mol. The lowest BCUT2D eigenvalue weighted by Crippen LogP contribution is -2.45. The van der Waals surface area contributed by atoms with Crippen LogP contribution in [0.5, 0.6) is 0 Å². The van der Waals surface area contributed by atoms with Gasteiger partial charge in [-0.1, -0.05) is 70.7 Å². The SMILES string of the molecule is CC1CN(c2ccc(C(=O)Nc3ccc(Cl)c(-c4ccccn4)c3)cn2)CC(C)O1.CC1CN(c2ccc(C(=O)Nc3ccc(Cl)c(-c4ccccn4)c3)cn2)C[C@@H](C)O1.C[C@H](O)CNc1ccc(C(=O)Nc2ccc(Cl)c(-c3ccccn3)c2)cn1.C[C@H](O)CNc1ccc(C(=O)Nc2ccc(Cl)c(-c3ccccn3)c2)cn1. The number of nitrogens with zero attached hydrogens (tertiary/aromatic N) is 10. The van der Waals surface area contributed by atoms with Gasteiger partial charge in [0, 0.05) is 134 Å². The minimum absolute atomic E-state index is 0.150. The predicted octanol–water partition coefficient (Wildman–Crippen LogP) is 17.0. The zero-order valence-corrected chi connectivity index (χ0v) is 66.2. The molecule has 0 radical (unpaired) electrons. The molecule has 8 N–H and O–H groups in total. The second kappa shape index (κ2) is 40.6. The summed E-state index contributed by atoms with van der Waals surface area (Å²) in [6.45, 7) is 15.5. The fourth-order valence-corrected chi connectivity index (χ4v) is 12.9. The van der Waals surface area contributed by atoms with Crippen molar-refractivity contribution in [2.45, 2.75) is 78.2 Å². The Bertz CT molecular complexity index is 4830. The lowest BCUT2D eigenvalue weighted by molar-refractivity contribution is -0.00572. The zero-order chi connectivity index (χ0) is 80.6. The molecule has 14 rings (SSSR count). The second-order valence-electron chi connectivity index (χ2n) is 26.9. The molecule has 0 spiro atoms. The van der Waals surface area contributed by atoms with Gasteiger partial charge in [0.05, 0.1) is 102 Å². The third-order valence-electron chi connectivity index (χ3n) is 17.4. The Morgan fingerprint density at radius 2 is 0.632 bits per heavy atom. The monoisotopic (exact) mass is 1610 g/mol. The molecule has 12 aromatic rings. The topological polar surface area (TPSA) is 309 Å². The molecule has 0 saturated carbocycles. The number of benzene rings is 4. The van der Waals surface area contributed by atoms with Crippen LogP contribution in [0.15, 0.2) is 244 Å². The van der Waals surface area contributed by atoms with Crippen molar-refractivity contribution in [1.29, 1.82) is 0 Å². The number of carbonyl (C=O) groups is 4. The lowest BCUT2D eigenvalue weighted by Gasteiger charge is -2.36. The fourth-order valence-electron chi connectivity index (χ4n) is 12.0. The maximum atomic E-state index is 12.7. The summed E-state index contributed by atoms with van der Waals surface area (Å²) in [4.78, 5) is 89.3. The quantitative estimate of drug-likeness (QED) is 0.0351. The van der Waals surface area contributed by atoms with Crippen molar-refractivity contribution in [3.8, 4) is 45.0 Å². The smallest absolute Gasteiger partial charge is 0.257 e. The highest BCUT2D eigenvalue weighted by atomic mass is 35.5. The van der Waals surface area contributed by atoms with E-state index in [1.807, 2.05) is 97.1 Å². The van der Waals surface area contributed by atoms with Crippen LogP contribution in [-0.4, -0.2) is 150 Å². The molecule has 0 aliphatic carbocycles. The van der Waals surface area contributed by atoms with E-state index >= 15 is 0 Å². The van der Waals surface area contributed by atoms with Crippen molar-refractivity contribution in [2.24, 2.45) is 0 Å². The Morgan fingerprint density at radius 3 is 0.851 bits per heavy atom. The van der Waals surface area contributed by atoms with Crippen LogP contribution in [0, 0.1) is 0 Å². The third kappa shape index (κ3) is 24.1. The number of halogens is 4. The van der Waals surface area contributed by atoms with E-state index in [1.165, 1.54) is 12.4 Å². The molecule has 10 heterocycles. The molecule has 4 amide bonds. The summed E-state index contributed by atoms with van der Waals surface area (Å²) >= 11 is 25.2. The van der Waals surface area contributed by atoms with Gasteiger partial charge in [-0.25, -0.2) is 19.9 Å². The van der Waals surface area contributed by atoms with E-state index in [1.54, 1.807) is 148 Å². The average Bonchev–Trinajstić information content (AvgIpc) is 0.844. The summed E-state index contributed by atoms with van der Waals surface area (Å²) in [5.41, 5.74) is 10.3. The molecular weight excluding hydrogens is 1530 g/mol. The summed E-state index contributed by atoms with van der Waals surface area (Å²) in [7, 11) is 0. The largest absolute Gasteiger partial charge is 0.392 e. The number of aromatic nitrogens is 8. The van der Waals surface area contributed by atoms with E-state index in [0.717, 1.165) is 82.8 Å². The maximum absolute atomic E-state index is 12.7. The Hall–Kier alpha value is -11.8. The van der Waals surface area contributed by atoms with Gasteiger partial charge in [-0.15, -0.1) is 0 Å². The molecule has 28 heteroatoms. The molecule has 24 nitrogen and oxygen atoms in total. The maximum Gasteiger partial charge on any atom is 0.257 e. The van der Waals surface area contributed by atoms with Gasteiger partial charge in [0.2, 0.25) is 0 Å². The Labute approximate surface area is 680 Å². The Balaban J connectivity index is 0.000000150. The Morgan fingerprint density at radius 1 is 0.368 bits per heavy atom. The molecule has 2 aliphatic rings. The van der Waals surface area contributed by atoms with Crippen molar-refractivity contribution in [3.05, 3.63) is 286 Å². The van der Waals surface area contributed by atoms with Gasteiger partial charge in [0.15, 0.2) is 0 Å². The molecular formula is C86H84Cl4N16O8. The number of nitrogens with one attached hydrogen (secondary N) is 6. The molecule has 584 valence electrons. The van der Waals surface area contributed by atoms with Crippen molar-refractivity contribution >= 4 is 116 Å². The van der Waals surface area contributed by atoms with Crippen LogP contribution in [0.4, 0.5) is 46.0 Å². The number of amides is 4. The van der Waals surface area contributed by atoms with Crippen LogP contribution in [0.1, 0.15) is 83.0 Å². The minimum atomic E-state index is -0.479. The standard InChI is InChI=1S/2C23H23ClN4O2.2C20H19ClN4O2/c2*1-15-13-28(14-16(2)30-15)22-9-6-17(12-26-22)23(29)27-18-7-8-20(24)19(11-18)21-5-3-4-10-25-21;2*1-13(26)11-23-19-8-5-14(12-24-19)20(27)25-15-6-7-17(21)16(10-15)18-4-2-3-9-22-18/h2*3-12,15-16H,13-14H2,1-2H3,(H,27,29);2*2-10,12-13,26H,11H2,1H3,(H,23,24)(H,25,27)/t15-,16?;;2*13-/m1.00/s1. The number of anilines is 8. The van der Waals surface area contributed by atoms with E-state index in [9.17, 15) is 29.4 Å².